The molecule has 0 radical (unpaired) electrons. The molecule has 0 aliphatic carbocycles. The number of rotatable bonds is 21. The monoisotopic (exact) mass is 722 g/mol. The van der Waals surface area contributed by atoms with Crippen molar-refractivity contribution in [3.05, 3.63) is 29.8 Å². The third-order valence-corrected chi connectivity index (χ3v) is 20.1. The standard InChI is InChI=1S/C39H70O8Si2/c1-29(14-17-33(47-49(12,13)39(5,6)7)21-23-45-48(10,11)38(2,3)4)37(41)27-35(43-9)26-36-25-31(40)24-34(46-36)20-22-44-28-30-15-18-32(42-8)19-16-30/h15-16,18-19,29,33-36H,14,17,20-28H2,1-13H3/t29-,33-,34-,35-,36-/m0/s1. The molecule has 0 bridgehead atoms. The molecule has 1 fully saturated rings. The van der Waals surface area contributed by atoms with Gasteiger partial charge in [-0.05, 0) is 79.6 Å². The molecule has 0 amide bonds. The number of ketones is 2. The Morgan fingerprint density at radius 2 is 1.47 bits per heavy atom. The molecule has 0 aromatic heterocycles. The van der Waals surface area contributed by atoms with E-state index < -0.39 is 16.6 Å². The van der Waals surface area contributed by atoms with Crippen LogP contribution in [0.4, 0.5) is 0 Å². The lowest BCUT2D eigenvalue weighted by atomic mass is 9.91. The minimum atomic E-state index is -2.00. The van der Waals surface area contributed by atoms with Crippen molar-refractivity contribution in [3.63, 3.8) is 0 Å². The second-order valence-electron chi connectivity index (χ2n) is 17.2. The number of ether oxygens (including phenoxy) is 4. The second-order valence-corrected chi connectivity index (χ2v) is 26.7. The van der Waals surface area contributed by atoms with E-state index in [2.05, 4.69) is 67.7 Å². The fourth-order valence-electron chi connectivity index (χ4n) is 5.49. The second kappa shape index (κ2) is 19.4. The van der Waals surface area contributed by atoms with Gasteiger partial charge in [0.2, 0.25) is 0 Å². The maximum atomic E-state index is 13.5. The highest BCUT2D eigenvalue weighted by molar-refractivity contribution is 6.74. The average Bonchev–Trinajstić information content (AvgIpc) is 3.00. The molecule has 0 unspecified atom stereocenters. The molecule has 1 heterocycles. The van der Waals surface area contributed by atoms with E-state index in [1.807, 2.05) is 31.2 Å². The van der Waals surface area contributed by atoms with Crippen LogP contribution in [-0.4, -0.2) is 80.1 Å². The molecule has 1 saturated heterocycles. The first-order valence-electron chi connectivity index (χ1n) is 18.4. The van der Waals surface area contributed by atoms with Crippen LogP contribution in [0.2, 0.25) is 36.3 Å². The normalized spacial score (nSPS) is 19.8. The van der Waals surface area contributed by atoms with Crippen LogP contribution in [0, 0.1) is 5.92 Å². The van der Waals surface area contributed by atoms with Crippen LogP contribution < -0.4 is 4.74 Å². The van der Waals surface area contributed by atoms with Crippen LogP contribution >= 0.6 is 0 Å². The van der Waals surface area contributed by atoms with Crippen molar-refractivity contribution < 1.29 is 37.4 Å². The molecule has 0 N–H and O–H groups in total. The first-order chi connectivity index (χ1) is 22.7. The van der Waals surface area contributed by atoms with Crippen LogP contribution in [0.5, 0.6) is 5.75 Å². The highest BCUT2D eigenvalue weighted by atomic mass is 28.4. The predicted octanol–water partition coefficient (Wildman–Crippen LogP) is 9.30. The van der Waals surface area contributed by atoms with Crippen molar-refractivity contribution >= 4 is 28.2 Å². The molecular formula is C39H70O8Si2. The molecule has 5 atom stereocenters. The van der Waals surface area contributed by atoms with Crippen molar-refractivity contribution in [1.82, 2.24) is 0 Å². The Labute approximate surface area is 300 Å². The first kappa shape index (κ1) is 43.8. The fraction of sp³-hybridized carbons (Fsp3) is 0.795. The fourth-order valence-corrected chi connectivity index (χ4v) is 7.98. The van der Waals surface area contributed by atoms with Crippen molar-refractivity contribution in [2.45, 2.75) is 167 Å². The highest BCUT2D eigenvalue weighted by Gasteiger charge is 2.40. The van der Waals surface area contributed by atoms with E-state index in [1.165, 1.54) is 0 Å². The Bertz CT molecular complexity index is 1140. The molecule has 8 nitrogen and oxygen atoms in total. The zero-order valence-corrected chi connectivity index (χ0v) is 35.2. The summed E-state index contributed by atoms with van der Waals surface area (Å²) in [7, 11) is -0.569. The summed E-state index contributed by atoms with van der Waals surface area (Å²) >= 11 is 0. The lowest BCUT2D eigenvalue weighted by Crippen LogP contribution is -2.45. The molecule has 1 aliphatic rings. The quantitative estimate of drug-likeness (QED) is 0.0917. The largest absolute Gasteiger partial charge is 0.497 e. The third-order valence-electron chi connectivity index (χ3n) is 11.0. The van der Waals surface area contributed by atoms with Crippen molar-refractivity contribution in [2.24, 2.45) is 5.92 Å². The maximum absolute atomic E-state index is 13.5. The van der Waals surface area contributed by atoms with Gasteiger partial charge in [0.1, 0.15) is 17.3 Å². The Morgan fingerprint density at radius 3 is 2.04 bits per heavy atom. The number of carbonyl (C=O) groups excluding carboxylic acids is 2. The van der Waals surface area contributed by atoms with E-state index in [0.717, 1.165) is 30.6 Å². The smallest absolute Gasteiger partial charge is 0.192 e. The summed E-state index contributed by atoms with van der Waals surface area (Å²) in [5.41, 5.74) is 1.07. The van der Waals surface area contributed by atoms with Gasteiger partial charge in [0, 0.05) is 58.0 Å². The van der Waals surface area contributed by atoms with Gasteiger partial charge in [-0.25, -0.2) is 0 Å². The third kappa shape index (κ3) is 15.0. The lowest BCUT2D eigenvalue weighted by molar-refractivity contribution is -0.140. The molecule has 10 heteroatoms. The van der Waals surface area contributed by atoms with Crippen molar-refractivity contribution in [3.8, 4) is 5.75 Å². The lowest BCUT2D eigenvalue weighted by Gasteiger charge is -2.40. The van der Waals surface area contributed by atoms with E-state index in [1.54, 1.807) is 14.2 Å². The number of hydrogen-bond donors (Lipinski definition) is 0. The van der Waals surface area contributed by atoms with E-state index in [-0.39, 0.29) is 52.0 Å². The number of Topliss-reactive ketones (excluding diaryl/α,β-unsaturated/α-hetero) is 2. The number of hydrogen-bond acceptors (Lipinski definition) is 8. The Morgan fingerprint density at radius 1 is 0.857 bits per heavy atom. The minimum Gasteiger partial charge on any atom is -0.497 e. The molecule has 1 aromatic rings. The summed E-state index contributed by atoms with van der Waals surface area (Å²) in [6.07, 6.45) is 3.95. The predicted molar refractivity (Wildman–Crippen MR) is 203 cm³/mol. The molecule has 49 heavy (non-hydrogen) atoms. The van der Waals surface area contributed by atoms with Crippen LogP contribution in [0.1, 0.15) is 105 Å². The molecule has 2 rings (SSSR count). The van der Waals surface area contributed by atoms with Gasteiger partial charge in [-0.1, -0.05) is 60.6 Å². The minimum absolute atomic E-state index is 0.0536. The van der Waals surface area contributed by atoms with Gasteiger partial charge in [-0.2, -0.15) is 0 Å². The van der Waals surface area contributed by atoms with Crippen molar-refractivity contribution in [2.75, 3.05) is 27.4 Å². The zero-order chi connectivity index (χ0) is 37.0. The van der Waals surface area contributed by atoms with E-state index in [9.17, 15) is 9.59 Å². The first-order valence-corrected chi connectivity index (χ1v) is 24.2. The van der Waals surface area contributed by atoms with E-state index in [4.69, 9.17) is 27.8 Å². The zero-order valence-electron chi connectivity index (χ0n) is 33.2. The Hall–Kier alpha value is -1.41. The van der Waals surface area contributed by atoms with Crippen LogP contribution in [0.15, 0.2) is 24.3 Å². The van der Waals surface area contributed by atoms with E-state index in [0.29, 0.717) is 51.9 Å². The summed E-state index contributed by atoms with van der Waals surface area (Å²) in [5.74, 6) is 1.07. The van der Waals surface area contributed by atoms with Crippen LogP contribution in [0.3, 0.4) is 0 Å². The molecule has 0 saturated carbocycles. The number of methoxy groups -OCH3 is 2. The highest BCUT2D eigenvalue weighted by Crippen LogP contribution is 2.39. The number of carbonyl (C=O) groups is 2. The maximum Gasteiger partial charge on any atom is 0.192 e. The summed E-state index contributed by atoms with van der Waals surface area (Å²) in [5, 5.41) is 0.260. The molecule has 0 spiro atoms. The SMILES string of the molecule is COc1ccc(COCC[C@H]2CC(=O)C[C@@H](C[C@@H](CC(=O)[C@@H](C)CC[C@@H](CCO[Si](C)(C)C(C)(C)C)O[Si](C)(C)C(C)(C)C)OC)O2)cc1. The topological polar surface area (TPSA) is 89.5 Å². The van der Waals surface area contributed by atoms with Gasteiger partial charge < -0.3 is 27.8 Å². The van der Waals surface area contributed by atoms with Gasteiger partial charge in [0.05, 0.1) is 32.0 Å². The van der Waals surface area contributed by atoms with Gasteiger partial charge in [-0.15, -0.1) is 0 Å². The summed E-state index contributed by atoms with van der Waals surface area (Å²) in [4.78, 5) is 26.1. The van der Waals surface area contributed by atoms with Crippen LogP contribution in [-0.2, 0) is 39.3 Å². The van der Waals surface area contributed by atoms with Crippen LogP contribution in [0.25, 0.3) is 0 Å². The van der Waals surface area contributed by atoms with Gasteiger partial charge in [-0.3, -0.25) is 9.59 Å². The molecule has 1 aliphatic heterocycles. The van der Waals surface area contributed by atoms with Crippen molar-refractivity contribution in [1.29, 1.82) is 0 Å². The molecule has 282 valence electrons. The average molecular weight is 723 g/mol. The molecular weight excluding hydrogens is 653 g/mol. The van der Waals surface area contributed by atoms with Gasteiger partial charge >= 0.3 is 0 Å². The summed E-state index contributed by atoms with van der Waals surface area (Å²) < 4.78 is 36.6. The van der Waals surface area contributed by atoms with E-state index >= 15 is 0 Å². The Kier molecular flexibility index (Phi) is 17.4. The molecule has 1 aromatic carbocycles. The Balaban J connectivity index is 1.89. The van der Waals surface area contributed by atoms with Gasteiger partial charge in [0.15, 0.2) is 16.6 Å². The number of benzene rings is 1. The summed E-state index contributed by atoms with van der Waals surface area (Å²) in [6.45, 7) is 26.5. The summed E-state index contributed by atoms with van der Waals surface area (Å²) in [6, 6.07) is 7.79. The van der Waals surface area contributed by atoms with Gasteiger partial charge in [0.25, 0.3) is 0 Å².